The van der Waals surface area contributed by atoms with Gasteiger partial charge in [0.1, 0.15) is 11.5 Å². The molecule has 0 bridgehead atoms. The number of ether oxygens (including phenoxy) is 1. The molecule has 3 rings (SSSR count). The summed E-state index contributed by atoms with van der Waals surface area (Å²) in [5.74, 6) is 0.882. The van der Waals surface area contributed by atoms with E-state index in [1.807, 2.05) is 45.0 Å². The zero-order valence-electron chi connectivity index (χ0n) is 17.3. The van der Waals surface area contributed by atoms with Crippen molar-refractivity contribution in [3.05, 3.63) is 57.5 Å². The summed E-state index contributed by atoms with van der Waals surface area (Å²) in [6, 6.07) is 9.30. The van der Waals surface area contributed by atoms with Crippen LogP contribution in [-0.4, -0.2) is 59.3 Å². The minimum absolute atomic E-state index is 0.0741. The van der Waals surface area contributed by atoms with Crippen LogP contribution in [0, 0.1) is 6.92 Å². The number of likely N-dealkylation sites (N-methyl/N-ethyl adjacent to an activating group) is 1. The number of aromatic hydroxyl groups is 1. The number of benzene rings is 1. The van der Waals surface area contributed by atoms with Crippen LogP contribution < -0.4 is 10.3 Å². The minimum Gasteiger partial charge on any atom is -0.507 e. The van der Waals surface area contributed by atoms with E-state index in [1.54, 1.807) is 10.6 Å². The second-order valence-electron chi connectivity index (χ2n) is 7.38. The molecule has 6 heteroatoms. The molecule has 1 N–H and O–H groups in total. The van der Waals surface area contributed by atoms with Crippen molar-refractivity contribution >= 4 is 0 Å². The second-order valence-corrected chi connectivity index (χ2v) is 7.38. The summed E-state index contributed by atoms with van der Waals surface area (Å²) in [5.41, 5.74) is 2.11. The highest BCUT2D eigenvalue weighted by Gasteiger charge is 2.30. The van der Waals surface area contributed by atoms with E-state index in [2.05, 4.69) is 16.8 Å². The fraction of sp³-hybridized carbons (Fsp3) is 0.500. The van der Waals surface area contributed by atoms with Gasteiger partial charge in [0.2, 0.25) is 0 Å². The van der Waals surface area contributed by atoms with E-state index in [4.69, 9.17) is 4.74 Å². The van der Waals surface area contributed by atoms with Crippen LogP contribution in [0.1, 0.15) is 36.7 Å². The first kappa shape index (κ1) is 20.4. The standard InChI is InChI=1S/C22H31N3O3/c1-5-25-16(3)15-19(26)20(22(25)27)21(24-13-11-23(4)12-14-24)17-7-9-18(10-8-17)28-6-2/h7-10,15,21,26H,5-6,11-14H2,1-4H3/t21-/m1/s1. The zero-order valence-corrected chi connectivity index (χ0v) is 17.3. The van der Waals surface area contributed by atoms with Crippen molar-refractivity contribution in [3.63, 3.8) is 0 Å². The molecular formula is C22H31N3O3. The minimum atomic E-state index is -0.282. The average molecular weight is 386 g/mol. The van der Waals surface area contributed by atoms with Gasteiger partial charge in [-0.2, -0.15) is 0 Å². The Bertz CT molecular complexity index is 853. The molecule has 28 heavy (non-hydrogen) atoms. The van der Waals surface area contributed by atoms with Crippen molar-refractivity contribution in [2.24, 2.45) is 0 Å². The van der Waals surface area contributed by atoms with Crippen molar-refractivity contribution < 1.29 is 9.84 Å². The highest BCUT2D eigenvalue weighted by molar-refractivity contribution is 5.42. The maximum Gasteiger partial charge on any atom is 0.259 e. The Labute approximate surface area is 167 Å². The number of piperazine rings is 1. The van der Waals surface area contributed by atoms with Crippen LogP contribution in [-0.2, 0) is 6.54 Å². The van der Waals surface area contributed by atoms with Gasteiger partial charge in [-0.05, 0) is 51.6 Å². The van der Waals surface area contributed by atoms with Gasteiger partial charge in [0.25, 0.3) is 5.56 Å². The molecule has 0 saturated carbocycles. The summed E-state index contributed by atoms with van der Waals surface area (Å²) in [5, 5.41) is 10.8. The molecule has 0 radical (unpaired) electrons. The van der Waals surface area contributed by atoms with Crippen molar-refractivity contribution in [1.82, 2.24) is 14.4 Å². The van der Waals surface area contributed by atoms with Gasteiger partial charge >= 0.3 is 0 Å². The number of aryl methyl sites for hydroxylation is 1. The lowest BCUT2D eigenvalue weighted by atomic mass is 9.96. The second kappa shape index (κ2) is 8.80. The number of aromatic nitrogens is 1. The number of hydrogen-bond donors (Lipinski definition) is 1. The Morgan fingerprint density at radius 3 is 2.32 bits per heavy atom. The third kappa shape index (κ3) is 4.08. The molecule has 1 fully saturated rings. The van der Waals surface area contributed by atoms with Crippen molar-refractivity contribution in [2.45, 2.75) is 33.4 Å². The van der Waals surface area contributed by atoms with Gasteiger partial charge < -0.3 is 19.3 Å². The van der Waals surface area contributed by atoms with Crippen molar-refractivity contribution in [3.8, 4) is 11.5 Å². The Kier molecular flexibility index (Phi) is 6.42. The van der Waals surface area contributed by atoms with Crippen LogP contribution in [0.5, 0.6) is 11.5 Å². The molecule has 1 aromatic heterocycles. The van der Waals surface area contributed by atoms with Crippen molar-refractivity contribution in [2.75, 3.05) is 39.8 Å². The van der Waals surface area contributed by atoms with E-state index in [0.29, 0.717) is 18.7 Å². The lowest BCUT2D eigenvalue weighted by Crippen LogP contribution is -2.47. The lowest BCUT2D eigenvalue weighted by Gasteiger charge is -2.38. The topological polar surface area (TPSA) is 57.9 Å². The zero-order chi connectivity index (χ0) is 20.3. The van der Waals surface area contributed by atoms with E-state index in [1.165, 1.54) is 0 Å². The predicted molar refractivity (Wildman–Crippen MR) is 111 cm³/mol. The smallest absolute Gasteiger partial charge is 0.259 e. The van der Waals surface area contributed by atoms with Gasteiger partial charge in [0.05, 0.1) is 18.2 Å². The van der Waals surface area contributed by atoms with Crippen LogP contribution in [0.4, 0.5) is 0 Å². The molecule has 1 aliphatic heterocycles. The summed E-state index contributed by atoms with van der Waals surface area (Å²) in [7, 11) is 2.11. The summed E-state index contributed by atoms with van der Waals surface area (Å²) < 4.78 is 7.30. The van der Waals surface area contributed by atoms with Gasteiger partial charge in [-0.25, -0.2) is 0 Å². The van der Waals surface area contributed by atoms with Crippen molar-refractivity contribution in [1.29, 1.82) is 0 Å². The summed E-state index contributed by atoms with van der Waals surface area (Å²) in [6.45, 7) is 10.5. The predicted octanol–water partition coefficient (Wildman–Crippen LogP) is 2.62. The maximum atomic E-state index is 13.3. The largest absolute Gasteiger partial charge is 0.507 e. The Hall–Kier alpha value is -2.31. The molecule has 1 aliphatic rings. The normalized spacial score (nSPS) is 16.9. The number of hydrogen-bond acceptors (Lipinski definition) is 5. The molecule has 2 aromatic rings. The van der Waals surface area contributed by atoms with E-state index in [0.717, 1.165) is 43.2 Å². The molecule has 0 aliphatic carbocycles. The first-order chi connectivity index (χ1) is 13.5. The van der Waals surface area contributed by atoms with Crippen LogP contribution in [0.15, 0.2) is 35.1 Å². The third-order valence-corrected chi connectivity index (χ3v) is 5.52. The summed E-state index contributed by atoms with van der Waals surface area (Å²) in [6.07, 6.45) is 0. The fourth-order valence-electron chi connectivity index (χ4n) is 3.97. The molecule has 1 saturated heterocycles. The molecule has 0 amide bonds. The molecule has 0 unspecified atom stereocenters. The maximum absolute atomic E-state index is 13.3. The third-order valence-electron chi connectivity index (χ3n) is 5.52. The van der Waals surface area contributed by atoms with Crippen LogP contribution in [0.25, 0.3) is 0 Å². The van der Waals surface area contributed by atoms with Crippen LogP contribution in [0.3, 0.4) is 0 Å². The molecule has 2 heterocycles. The number of pyridine rings is 1. The monoisotopic (exact) mass is 385 g/mol. The average Bonchev–Trinajstić information content (AvgIpc) is 2.67. The highest BCUT2D eigenvalue weighted by atomic mass is 16.5. The van der Waals surface area contributed by atoms with Crippen LogP contribution >= 0.6 is 0 Å². The SMILES string of the molecule is CCOc1ccc([C@H](c2c(O)cc(C)n(CC)c2=O)N2CCN(C)CC2)cc1. The highest BCUT2D eigenvalue weighted by Crippen LogP contribution is 2.34. The van der Waals surface area contributed by atoms with E-state index in [9.17, 15) is 9.90 Å². The number of rotatable bonds is 6. The van der Waals surface area contributed by atoms with Gasteiger partial charge in [0.15, 0.2) is 0 Å². The first-order valence-electron chi connectivity index (χ1n) is 10.0. The van der Waals surface area contributed by atoms with Gasteiger partial charge in [0, 0.05) is 38.4 Å². The fourth-order valence-corrected chi connectivity index (χ4v) is 3.97. The summed E-state index contributed by atoms with van der Waals surface area (Å²) >= 11 is 0. The Morgan fingerprint density at radius 1 is 1.11 bits per heavy atom. The first-order valence-corrected chi connectivity index (χ1v) is 10.0. The van der Waals surface area contributed by atoms with Gasteiger partial charge in [-0.3, -0.25) is 9.69 Å². The molecule has 6 nitrogen and oxygen atoms in total. The van der Waals surface area contributed by atoms with E-state index >= 15 is 0 Å². The molecule has 1 aromatic carbocycles. The number of nitrogens with zero attached hydrogens (tertiary/aromatic N) is 3. The Morgan fingerprint density at radius 2 is 1.75 bits per heavy atom. The quantitative estimate of drug-likeness (QED) is 0.828. The molecular weight excluding hydrogens is 354 g/mol. The van der Waals surface area contributed by atoms with E-state index < -0.39 is 0 Å². The molecule has 1 atom stereocenters. The molecule has 0 spiro atoms. The summed E-state index contributed by atoms with van der Waals surface area (Å²) in [4.78, 5) is 17.8. The van der Waals surface area contributed by atoms with Crippen LogP contribution in [0.2, 0.25) is 0 Å². The van der Waals surface area contributed by atoms with Gasteiger partial charge in [-0.15, -0.1) is 0 Å². The lowest BCUT2D eigenvalue weighted by molar-refractivity contribution is 0.125. The van der Waals surface area contributed by atoms with E-state index in [-0.39, 0.29) is 17.4 Å². The van der Waals surface area contributed by atoms with Gasteiger partial charge in [-0.1, -0.05) is 12.1 Å². The Balaban J connectivity index is 2.10. The molecule has 152 valence electrons.